The Morgan fingerprint density at radius 3 is 2.38 bits per heavy atom. The van der Waals surface area contributed by atoms with Crippen LogP contribution in [0.25, 0.3) is 11.6 Å². The summed E-state index contributed by atoms with van der Waals surface area (Å²) < 4.78 is 6.52. The van der Waals surface area contributed by atoms with Crippen LogP contribution in [0.5, 0.6) is 5.75 Å². The molecule has 0 bridgehead atoms. The van der Waals surface area contributed by atoms with Gasteiger partial charge in [0.05, 0.1) is 29.6 Å². The topological polar surface area (TPSA) is 70.1 Å². The average molecular weight is 651 g/mol. The Bertz CT molecular complexity index is 1680. The first-order valence-corrected chi connectivity index (χ1v) is 17.5. The van der Waals surface area contributed by atoms with Crippen molar-refractivity contribution in [2.24, 2.45) is 17.8 Å². The van der Waals surface area contributed by atoms with Gasteiger partial charge in [-0.3, -0.25) is 19.4 Å². The van der Waals surface area contributed by atoms with Crippen LogP contribution in [-0.4, -0.2) is 58.6 Å². The molecule has 1 N–H and O–H groups in total. The number of hydrogen-bond donors (Lipinski definition) is 1. The molecule has 2 amide bonds. The molecular formula is C40H43ClN2O4. The molecule has 7 heteroatoms. The molecular weight excluding hydrogens is 608 g/mol. The number of allylic oxidation sites excluding steroid dienone is 2. The number of imide groups is 1. The minimum Gasteiger partial charge on any atom is -0.508 e. The molecule has 6 nitrogen and oxygen atoms in total. The Morgan fingerprint density at radius 1 is 0.957 bits per heavy atom. The summed E-state index contributed by atoms with van der Waals surface area (Å²) in [7, 11) is 0. The molecule has 3 heterocycles. The maximum Gasteiger partial charge on any atom is 0.234 e. The SMILES string of the molecule is CCC1=C2[C@@H](CC/C(=C/c3ccc(O)cc3Cl)c3ccccc3)OC[C@@H]2[C@@H]2C(=O)N(C3CCN(Cc4ccccc4)CC3)C(=O)[C@@H]2C1. The number of phenols is 1. The predicted octanol–water partition coefficient (Wildman–Crippen LogP) is 7.76. The third-order valence-corrected chi connectivity index (χ3v) is 11.1. The molecule has 4 aliphatic rings. The molecule has 0 unspecified atom stereocenters. The largest absolute Gasteiger partial charge is 0.508 e. The lowest BCUT2D eigenvalue weighted by molar-refractivity contribution is -0.144. The van der Waals surface area contributed by atoms with Crippen LogP contribution in [0.3, 0.4) is 0 Å². The highest BCUT2D eigenvalue weighted by Crippen LogP contribution is 2.51. The molecule has 0 radical (unpaired) electrons. The minimum absolute atomic E-state index is 0.0234. The highest BCUT2D eigenvalue weighted by molar-refractivity contribution is 6.32. The quantitative estimate of drug-likeness (QED) is 0.146. The van der Waals surface area contributed by atoms with E-state index >= 15 is 0 Å². The fourth-order valence-electron chi connectivity index (χ4n) is 8.43. The lowest BCUT2D eigenvalue weighted by Crippen LogP contribution is -2.47. The Labute approximate surface area is 282 Å². The number of carbonyl (C=O) groups excluding carboxylic acids is 2. The molecule has 244 valence electrons. The molecule has 0 saturated carbocycles. The molecule has 4 atom stereocenters. The fraction of sp³-hybridized carbons (Fsp3) is 0.400. The van der Waals surface area contributed by atoms with Gasteiger partial charge in [0.1, 0.15) is 5.75 Å². The number of piperidine rings is 1. The second-order valence-electron chi connectivity index (χ2n) is 13.5. The van der Waals surface area contributed by atoms with Gasteiger partial charge in [-0.25, -0.2) is 0 Å². The summed E-state index contributed by atoms with van der Waals surface area (Å²) in [5, 5.41) is 10.4. The number of fused-ring (bicyclic) bond motifs is 3. The molecule has 1 aliphatic carbocycles. The molecule has 3 fully saturated rings. The Kier molecular flexibility index (Phi) is 9.35. The van der Waals surface area contributed by atoms with Crippen molar-refractivity contribution in [1.29, 1.82) is 0 Å². The number of likely N-dealkylation sites (tertiary alicyclic amines) is 2. The Balaban J connectivity index is 1.06. The van der Waals surface area contributed by atoms with E-state index in [4.69, 9.17) is 16.3 Å². The summed E-state index contributed by atoms with van der Waals surface area (Å²) in [6.07, 6.45) is 6.71. The normalized spacial score (nSPS) is 25.4. The number of ether oxygens (including phenoxy) is 1. The van der Waals surface area contributed by atoms with Crippen LogP contribution in [0.1, 0.15) is 62.1 Å². The third kappa shape index (κ3) is 6.43. The second-order valence-corrected chi connectivity index (χ2v) is 13.9. The average Bonchev–Trinajstić information content (AvgIpc) is 3.62. The number of hydrogen-bond acceptors (Lipinski definition) is 5. The van der Waals surface area contributed by atoms with Crippen LogP contribution in [-0.2, 0) is 20.9 Å². The Morgan fingerprint density at radius 2 is 1.68 bits per heavy atom. The molecule has 0 aromatic heterocycles. The Hall–Kier alpha value is -3.71. The smallest absolute Gasteiger partial charge is 0.234 e. The van der Waals surface area contributed by atoms with Gasteiger partial charge in [-0.05, 0) is 90.6 Å². The van der Waals surface area contributed by atoms with Crippen molar-refractivity contribution in [2.45, 2.75) is 64.1 Å². The van der Waals surface area contributed by atoms with Crippen LogP contribution >= 0.6 is 11.6 Å². The van der Waals surface area contributed by atoms with Crippen LogP contribution in [0.4, 0.5) is 0 Å². The van der Waals surface area contributed by atoms with E-state index in [1.165, 1.54) is 16.7 Å². The first-order chi connectivity index (χ1) is 22.9. The number of nitrogens with zero attached hydrogens (tertiary/aromatic N) is 2. The molecule has 3 saturated heterocycles. The highest BCUT2D eigenvalue weighted by Gasteiger charge is 2.58. The molecule has 3 aliphatic heterocycles. The zero-order chi connectivity index (χ0) is 32.5. The van der Waals surface area contributed by atoms with Gasteiger partial charge in [-0.1, -0.05) is 84.8 Å². The molecule has 3 aromatic carbocycles. The number of carbonyl (C=O) groups is 2. The van der Waals surface area contributed by atoms with E-state index in [9.17, 15) is 14.7 Å². The fourth-order valence-corrected chi connectivity index (χ4v) is 8.66. The van der Waals surface area contributed by atoms with E-state index in [-0.39, 0.29) is 47.5 Å². The van der Waals surface area contributed by atoms with Crippen molar-refractivity contribution >= 4 is 35.1 Å². The van der Waals surface area contributed by atoms with Gasteiger partial charge >= 0.3 is 0 Å². The number of phenolic OH excluding ortho intramolecular Hbond substituents is 1. The number of halogens is 1. The van der Waals surface area contributed by atoms with Crippen molar-refractivity contribution in [1.82, 2.24) is 9.80 Å². The minimum atomic E-state index is -0.319. The van der Waals surface area contributed by atoms with E-state index in [1.54, 1.807) is 17.0 Å². The summed E-state index contributed by atoms with van der Waals surface area (Å²) in [6, 6.07) is 25.8. The first-order valence-electron chi connectivity index (χ1n) is 17.1. The van der Waals surface area contributed by atoms with E-state index in [1.807, 2.05) is 30.3 Å². The van der Waals surface area contributed by atoms with E-state index in [0.717, 1.165) is 68.4 Å². The van der Waals surface area contributed by atoms with Crippen molar-refractivity contribution in [3.05, 3.63) is 112 Å². The summed E-state index contributed by atoms with van der Waals surface area (Å²) >= 11 is 6.50. The van der Waals surface area contributed by atoms with Crippen LogP contribution < -0.4 is 0 Å². The van der Waals surface area contributed by atoms with Crippen molar-refractivity contribution in [3.63, 3.8) is 0 Å². The van der Waals surface area contributed by atoms with E-state index in [2.05, 4.69) is 54.3 Å². The standard InChI is InChI=1S/C40H43ClN2O4/c1-2-27-22-33-38(40(46)43(39(33)45)31-17-19-42(20-18-31)24-26-9-5-3-6-10-26)34-25-47-36(37(27)34)16-14-29(28-11-7-4-8-12-28)21-30-13-15-32(44)23-35(30)41/h3-13,15,21,23,31,33-34,36,38,44H,2,14,16-20,22,24-25H2,1H3/b29-21-/t33-,34+,36-,38-/m1/s1. The number of amides is 2. The van der Waals surface area contributed by atoms with Gasteiger partial charge in [-0.2, -0.15) is 0 Å². The van der Waals surface area contributed by atoms with Crippen LogP contribution in [0.15, 0.2) is 90.0 Å². The van der Waals surface area contributed by atoms with Crippen molar-refractivity contribution in [3.8, 4) is 5.75 Å². The number of aromatic hydroxyl groups is 1. The van der Waals surface area contributed by atoms with Gasteiger partial charge in [0.2, 0.25) is 11.8 Å². The summed E-state index contributed by atoms with van der Waals surface area (Å²) in [5.41, 5.74) is 6.96. The van der Waals surface area contributed by atoms with Gasteiger partial charge in [0.25, 0.3) is 0 Å². The van der Waals surface area contributed by atoms with Crippen LogP contribution in [0.2, 0.25) is 5.02 Å². The predicted molar refractivity (Wildman–Crippen MR) is 185 cm³/mol. The first kappa shape index (κ1) is 31.9. The maximum absolute atomic E-state index is 14.2. The van der Waals surface area contributed by atoms with Crippen LogP contribution in [0, 0.1) is 17.8 Å². The zero-order valence-corrected chi connectivity index (χ0v) is 27.7. The third-order valence-electron chi connectivity index (χ3n) is 10.8. The van der Waals surface area contributed by atoms with E-state index < -0.39 is 0 Å². The molecule has 0 spiro atoms. The number of rotatable bonds is 9. The molecule has 3 aromatic rings. The lowest BCUT2D eigenvalue weighted by atomic mass is 9.69. The van der Waals surface area contributed by atoms with Gasteiger partial charge in [0.15, 0.2) is 0 Å². The number of benzene rings is 3. The second kappa shape index (κ2) is 13.8. The lowest BCUT2D eigenvalue weighted by Gasteiger charge is -2.36. The summed E-state index contributed by atoms with van der Waals surface area (Å²) in [5.74, 6) is -0.429. The molecule has 7 rings (SSSR count). The summed E-state index contributed by atoms with van der Waals surface area (Å²) in [4.78, 5) is 32.2. The monoisotopic (exact) mass is 650 g/mol. The highest BCUT2D eigenvalue weighted by atomic mass is 35.5. The van der Waals surface area contributed by atoms with Crippen molar-refractivity contribution < 1.29 is 19.4 Å². The molecule has 47 heavy (non-hydrogen) atoms. The van der Waals surface area contributed by atoms with E-state index in [0.29, 0.717) is 18.1 Å². The van der Waals surface area contributed by atoms with Crippen molar-refractivity contribution in [2.75, 3.05) is 19.7 Å². The zero-order valence-electron chi connectivity index (χ0n) is 27.0. The van der Waals surface area contributed by atoms with Gasteiger partial charge in [0, 0.05) is 31.6 Å². The van der Waals surface area contributed by atoms with Gasteiger partial charge in [-0.15, -0.1) is 0 Å². The summed E-state index contributed by atoms with van der Waals surface area (Å²) in [6.45, 7) is 5.32. The maximum atomic E-state index is 14.2. The van der Waals surface area contributed by atoms with Gasteiger partial charge < -0.3 is 9.84 Å².